The highest BCUT2D eigenvalue weighted by Crippen LogP contribution is 2.29. The fourth-order valence-corrected chi connectivity index (χ4v) is 3.56. The van der Waals surface area contributed by atoms with E-state index in [0.29, 0.717) is 4.90 Å². The van der Waals surface area contributed by atoms with Gasteiger partial charge in [0.05, 0.1) is 15.4 Å². The number of carbonyl (C=O) groups excluding carboxylic acids is 2. The molecule has 0 aliphatic carbocycles. The standard InChI is InChI=1S/C23H19NO5S/c1-15-6-5-7-16(12-15)14-29-23(26)19-9-4-3-8-18(19)22(25)17-10-11-21(30-2)20(13-17)24(27)28/h3-13H,14H2,1-2H3. The first kappa shape index (κ1) is 21.3. The Balaban J connectivity index is 1.87. The number of hydrogen-bond acceptors (Lipinski definition) is 6. The number of hydrogen-bond donors (Lipinski definition) is 0. The molecule has 152 valence electrons. The number of rotatable bonds is 7. The lowest BCUT2D eigenvalue weighted by Crippen LogP contribution is -2.13. The Labute approximate surface area is 178 Å². The van der Waals surface area contributed by atoms with E-state index in [0.717, 1.165) is 11.1 Å². The lowest BCUT2D eigenvalue weighted by molar-refractivity contribution is -0.387. The Morgan fingerprint density at radius 2 is 1.73 bits per heavy atom. The summed E-state index contributed by atoms with van der Waals surface area (Å²) in [5.74, 6) is -1.11. The molecular weight excluding hydrogens is 402 g/mol. The molecule has 0 aromatic heterocycles. The number of esters is 1. The fraction of sp³-hybridized carbons (Fsp3) is 0.130. The van der Waals surface area contributed by atoms with Crippen molar-refractivity contribution in [2.24, 2.45) is 0 Å². The highest BCUT2D eigenvalue weighted by Gasteiger charge is 2.22. The van der Waals surface area contributed by atoms with Crippen molar-refractivity contribution in [3.8, 4) is 0 Å². The second kappa shape index (κ2) is 9.37. The number of thioether (sulfide) groups is 1. The fourth-order valence-electron chi connectivity index (χ4n) is 3.02. The van der Waals surface area contributed by atoms with E-state index in [1.54, 1.807) is 18.4 Å². The molecule has 0 aliphatic rings. The highest BCUT2D eigenvalue weighted by atomic mass is 32.2. The van der Waals surface area contributed by atoms with E-state index in [4.69, 9.17) is 4.74 Å². The number of nitro benzene ring substituents is 1. The molecule has 0 amide bonds. The molecule has 0 atom stereocenters. The van der Waals surface area contributed by atoms with Crippen molar-refractivity contribution in [2.75, 3.05) is 6.26 Å². The third kappa shape index (κ3) is 4.75. The molecule has 0 unspecified atom stereocenters. The Morgan fingerprint density at radius 1 is 1.00 bits per heavy atom. The van der Waals surface area contributed by atoms with Crippen molar-refractivity contribution in [1.82, 2.24) is 0 Å². The van der Waals surface area contributed by atoms with Gasteiger partial charge >= 0.3 is 5.97 Å². The van der Waals surface area contributed by atoms with Gasteiger partial charge in [-0.25, -0.2) is 4.79 Å². The summed E-state index contributed by atoms with van der Waals surface area (Å²) >= 11 is 1.23. The molecule has 30 heavy (non-hydrogen) atoms. The Morgan fingerprint density at radius 3 is 2.40 bits per heavy atom. The van der Waals surface area contributed by atoms with Crippen molar-refractivity contribution in [3.63, 3.8) is 0 Å². The topological polar surface area (TPSA) is 86.5 Å². The largest absolute Gasteiger partial charge is 0.457 e. The van der Waals surface area contributed by atoms with Crippen LogP contribution in [0.15, 0.2) is 71.6 Å². The average molecular weight is 421 g/mol. The van der Waals surface area contributed by atoms with E-state index in [9.17, 15) is 19.7 Å². The molecule has 3 aromatic carbocycles. The highest BCUT2D eigenvalue weighted by molar-refractivity contribution is 7.98. The van der Waals surface area contributed by atoms with E-state index in [1.165, 1.54) is 42.1 Å². The van der Waals surface area contributed by atoms with Crippen LogP contribution in [0.25, 0.3) is 0 Å². The number of aryl methyl sites for hydroxylation is 1. The predicted molar refractivity (Wildman–Crippen MR) is 115 cm³/mol. The van der Waals surface area contributed by atoms with Crippen molar-refractivity contribution in [1.29, 1.82) is 0 Å². The van der Waals surface area contributed by atoms with Crippen LogP contribution in [0.1, 0.15) is 37.4 Å². The van der Waals surface area contributed by atoms with Gasteiger partial charge in [-0.15, -0.1) is 11.8 Å². The normalized spacial score (nSPS) is 10.5. The number of ether oxygens (including phenoxy) is 1. The summed E-state index contributed by atoms with van der Waals surface area (Å²) in [4.78, 5) is 36.9. The maximum absolute atomic E-state index is 13.0. The molecule has 0 bridgehead atoms. The van der Waals surface area contributed by atoms with E-state index in [-0.39, 0.29) is 29.0 Å². The molecular formula is C23H19NO5S. The Kier molecular flexibility index (Phi) is 6.64. The third-order valence-corrected chi connectivity index (χ3v) is 5.27. The van der Waals surface area contributed by atoms with Crippen molar-refractivity contribution >= 4 is 29.2 Å². The van der Waals surface area contributed by atoms with Gasteiger partial charge in [0.2, 0.25) is 0 Å². The maximum atomic E-state index is 13.0. The molecule has 0 saturated heterocycles. The van der Waals surface area contributed by atoms with Crippen LogP contribution in [0.4, 0.5) is 5.69 Å². The van der Waals surface area contributed by atoms with Gasteiger partial charge in [0.1, 0.15) is 6.61 Å². The van der Waals surface area contributed by atoms with Gasteiger partial charge in [-0.2, -0.15) is 0 Å². The molecule has 0 heterocycles. The van der Waals surface area contributed by atoms with Crippen LogP contribution in [-0.2, 0) is 11.3 Å². The van der Waals surface area contributed by atoms with Crippen LogP contribution < -0.4 is 0 Å². The summed E-state index contributed by atoms with van der Waals surface area (Å²) < 4.78 is 5.39. The van der Waals surface area contributed by atoms with Crippen LogP contribution >= 0.6 is 11.8 Å². The number of carbonyl (C=O) groups is 2. The summed E-state index contributed by atoms with van der Waals surface area (Å²) in [7, 11) is 0. The van der Waals surface area contributed by atoms with Crippen LogP contribution in [0.3, 0.4) is 0 Å². The van der Waals surface area contributed by atoms with Gasteiger partial charge in [0.25, 0.3) is 5.69 Å². The van der Waals surface area contributed by atoms with Crippen molar-refractivity contribution in [3.05, 3.63) is 105 Å². The van der Waals surface area contributed by atoms with E-state index >= 15 is 0 Å². The van der Waals surface area contributed by atoms with Gasteiger partial charge in [0.15, 0.2) is 5.78 Å². The number of nitro groups is 1. The van der Waals surface area contributed by atoms with Crippen molar-refractivity contribution < 1.29 is 19.2 Å². The van der Waals surface area contributed by atoms with Crippen LogP contribution in [-0.4, -0.2) is 22.9 Å². The lowest BCUT2D eigenvalue weighted by atomic mass is 9.98. The van der Waals surface area contributed by atoms with Gasteiger partial charge in [-0.05, 0) is 36.9 Å². The first-order valence-electron chi connectivity index (χ1n) is 9.09. The predicted octanol–water partition coefficient (Wildman–Crippen LogP) is 5.21. The van der Waals surface area contributed by atoms with Crippen LogP contribution in [0, 0.1) is 17.0 Å². The number of ketones is 1. The minimum Gasteiger partial charge on any atom is -0.457 e. The lowest BCUT2D eigenvalue weighted by Gasteiger charge is -2.10. The molecule has 0 spiro atoms. The molecule has 0 aliphatic heterocycles. The van der Waals surface area contributed by atoms with Crippen LogP contribution in [0.2, 0.25) is 0 Å². The maximum Gasteiger partial charge on any atom is 0.339 e. The second-order valence-electron chi connectivity index (χ2n) is 6.58. The van der Waals surface area contributed by atoms with Gasteiger partial charge in [0, 0.05) is 17.2 Å². The van der Waals surface area contributed by atoms with E-state index < -0.39 is 16.7 Å². The quantitative estimate of drug-likeness (QED) is 0.171. The average Bonchev–Trinajstić information content (AvgIpc) is 2.76. The molecule has 6 nitrogen and oxygen atoms in total. The Hall–Kier alpha value is -3.45. The smallest absolute Gasteiger partial charge is 0.339 e. The molecule has 3 aromatic rings. The second-order valence-corrected chi connectivity index (χ2v) is 7.43. The molecule has 0 saturated carbocycles. The summed E-state index contributed by atoms with van der Waals surface area (Å²) in [6, 6.07) is 18.2. The molecule has 0 N–H and O–H groups in total. The van der Waals surface area contributed by atoms with E-state index in [2.05, 4.69) is 0 Å². The first-order valence-corrected chi connectivity index (χ1v) is 10.3. The summed E-state index contributed by atoms with van der Waals surface area (Å²) in [6.45, 7) is 2.03. The SMILES string of the molecule is CSc1ccc(C(=O)c2ccccc2C(=O)OCc2cccc(C)c2)cc1[N+](=O)[O-]. The van der Waals surface area contributed by atoms with Gasteiger partial charge < -0.3 is 4.74 Å². The molecule has 7 heteroatoms. The third-order valence-electron chi connectivity index (χ3n) is 4.48. The van der Waals surface area contributed by atoms with Gasteiger partial charge in [-0.3, -0.25) is 14.9 Å². The van der Waals surface area contributed by atoms with Crippen LogP contribution in [0.5, 0.6) is 0 Å². The zero-order valence-corrected chi connectivity index (χ0v) is 17.3. The summed E-state index contributed by atoms with van der Waals surface area (Å²) in [5, 5.41) is 11.3. The number of nitrogens with zero attached hydrogens (tertiary/aromatic N) is 1. The minimum absolute atomic E-state index is 0.0803. The molecule has 0 radical (unpaired) electrons. The zero-order valence-electron chi connectivity index (χ0n) is 16.5. The van der Waals surface area contributed by atoms with E-state index in [1.807, 2.05) is 31.2 Å². The minimum atomic E-state index is -0.629. The number of benzene rings is 3. The van der Waals surface area contributed by atoms with Gasteiger partial charge in [-0.1, -0.05) is 48.0 Å². The molecule has 3 rings (SSSR count). The Bertz CT molecular complexity index is 1130. The zero-order chi connectivity index (χ0) is 21.7. The molecule has 0 fully saturated rings. The summed E-state index contributed by atoms with van der Waals surface area (Å²) in [5.41, 5.74) is 2.14. The monoisotopic (exact) mass is 421 g/mol. The first-order chi connectivity index (χ1) is 14.4. The summed E-state index contributed by atoms with van der Waals surface area (Å²) in [6.07, 6.45) is 1.73. The van der Waals surface area contributed by atoms with Crippen molar-refractivity contribution in [2.45, 2.75) is 18.4 Å².